The lowest BCUT2D eigenvalue weighted by Gasteiger charge is -2.26. The summed E-state index contributed by atoms with van der Waals surface area (Å²) in [7, 11) is 1.60. The number of esters is 1. The second kappa shape index (κ2) is 7.14. The van der Waals surface area contributed by atoms with E-state index in [1.807, 2.05) is 25.1 Å². The maximum absolute atomic E-state index is 11.7. The first-order valence-corrected chi connectivity index (χ1v) is 6.66. The molecule has 0 amide bonds. The Labute approximate surface area is 120 Å². The van der Waals surface area contributed by atoms with Gasteiger partial charge in [-0.2, -0.15) is 0 Å². The molecule has 0 aromatic heterocycles. The van der Waals surface area contributed by atoms with Gasteiger partial charge < -0.3 is 19.9 Å². The molecule has 5 nitrogen and oxygen atoms in total. The Balaban J connectivity index is 2.62. The highest BCUT2D eigenvalue weighted by Crippen LogP contribution is 2.22. The monoisotopic (exact) mass is 281 g/mol. The lowest BCUT2D eigenvalue weighted by atomic mass is 9.96. The molecule has 5 heteroatoms. The van der Waals surface area contributed by atoms with E-state index in [0.717, 1.165) is 5.75 Å². The van der Waals surface area contributed by atoms with Gasteiger partial charge in [0.25, 0.3) is 0 Å². The number of hydrogen-bond acceptors (Lipinski definition) is 5. The highest BCUT2D eigenvalue weighted by molar-refractivity contribution is 5.80. The van der Waals surface area contributed by atoms with Gasteiger partial charge in [0, 0.05) is 12.5 Å². The molecule has 112 valence electrons. The number of carbonyl (C=O) groups is 1. The first kappa shape index (κ1) is 16.3. The van der Waals surface area contributed by atoms with E-state index in [1.54, 1.807) is 27.0 Å². The Morgan fingerprint density at radius 2 is 2.05 bits per heavy atom. The maximum atomic E-state index is 11.7. The van der Waals surface area contributed by atoms with Crippen molar-refractivity contribution in [1.82, 2.24) is 0 Å². The molecule has 1 aromatic rings. The summed E-state index contributed by atoms with van der Waals surface area (Å²) in [6.07, 6.45) is 0.143. The van der Waals surface area contributed by atoms with Crippen molar-refractivity contribution < 1.29 is 19.0 Å². The van der Waals surface area contributed by atoms with E-state index in [0.29, 0.717) is 18.8 Å². The molecular formula is C15H23NO4. The topological polar surface area (TPSA) is 70.8 Å². The SMILES string of the molecule is CCOC(=O)C(C)(N)CC(C)Oc1cccc(OC)c1. The molecule has 2 N–H and O–H groups in total. The van der Waals surface area contributed by atoms with Crippen LogP contribution < -0.4 is 15.2 Å². The van der Waals surface area contributed by atoms with E-state index in [4.69, 9.17) is 19.9 Å². The van der Waals surface area contributed by atoms with Gasteiger partial charge in [-0.15, -0.1) is 0 Å². The molecule has 0 radical (unpaired) electrons. The van der Waals surface area contributed by atoms with Crippen molar-refractivity contribution in [2.75, 3.05) is 13.7 Å². The number of rotatable bonds is 7. The smallest absolute Gasteiger partial charge is 0.325 e. The molecule has 20 heavy (non-hydrogen) atoms. The Morgan fingerprint density at radius 1 is 1.40 bits per heavy atom. The van der Waals surface area contributed by atoms with Crippen LogP contribution in [-0.2, 0) is 9.53 Å². The lowest BCUT2D eigenvalue weighted by molar-refractivity contribution is -0.149. The van der Waals surface area contributed by atoms with E-state index in [9.17, 15) is 4.79 Å². The summed E-state index contributed by atoms with van der Waals surface area (Å²) < 4.78 is 15.8. The molecule has 0 aliphatic rings. The largest absolute Gasteiger partial charge is 0.497 e. The zero-order chi connectivity index (χ0) is 15.2. The fourth-order valence-corrected chi connectivity index (χ4v) is 1.92. The average molecular weight is 281 g/mol. The van der Waals surface area contributed by atoms with Gasteiger partial charge >= 0.3 is 5.97 Å². The summed E-state index contributed by atoms with van der Waals surface area (Å²) in [5.41, 5.74) is 4.92. The summed E-state index contributed by atoms with van der Waals surface area (Å²) in [6.45, 7) is 5.58. The zero-order valence-electron chi connectivity index (χ0n) is 12.5. The van der Waals surface area contributed by atoms with Crippen LogP contribution in [-0.4, -0.2) is 31.3 Å². The van der Waals surface area contributed by atoms with Crippen LogP contribution >= 0.6 is 0 Å². The van der Waals surface area contributed by atoms with Crippen LogP contribution in [0.2, 0.25) is 0 Å². The first-order chi connectivity index (χ1) is 9.39. The maximum Gasteiger partial charge on any atom is 0.325 e. The van der Waals surface area contributed by atoms with E-state index in [2.05, 4.69) is 0 Å². The van der Waals surface area contributed by atoms with Crippen LogP contribution in [0.5, 0.6) is 11.5 Å². The predicted octanol–water partition coefficient (Wildman–Crippen LogP) is 2.13. The highest BCUT2D eigenvalue weighted by Gasteiger charge is 2.32. The van der Waals surface area contributed by atoms with Gasteiger partial charge in [-0.25, -0.2) is 0 Å². The Kier molecular flexibility index (Phi) is 5.82. The minimum atomic E-state index is -1.06. The number of benzene rings is 1. The van der Waals surface area contributed by atoms with E-state index < -0.39 is 11.5 Å². The lowest BCUT2D eigenvalue weighted by Crippen LogP contribution is -2.49. The normalized spacial score (nSPS) is 15.1. The minimum absolute atomic E-state index is 0.221. The molecule has 0 bridgehead atoms. The standard InChI is InChI=1S/C15H23NO4/c1-5-19-14(17)15(3,16)10-11(2)20-13-8-6-7-12(9-13)18-4/h6-9,11H,5,10,16H2,1-4H3. The molecule has 0 aliphatic carbocycles. The van der Waals surface area contributed by atoms with Crippen LogP contribution in [0.25, 0.3) is 0 Å². The number of nitrogens with two attached hydrogens (primary N) is 1. The molecule has 0 spiro atoms. The van der Waals surface area contributed by atoms with Gasteiger partial charge in [-0.3, -0.25) is 4.79 Å². The van der Waals surface area contributed by atoms with Crippen LogP contribution in [0.15, 0.2) is 24.3 Å². The van der Waals surface area contributed by atoms with Crippen LogP contribution in [0, 0.1) is 0 Å². The first-order valence-electron chi connectivity index (χ1n) is 6.66. The summed E-state index contributed by atoms with van der Waals surface area (Å²) in [5, 5.41) is 0. The molecular weight excluding hydrogens is 258 g/mol. The predicted molar refractivity (Wildman–Crippen MR) is 76.9 cm³/mol. The van der Waals surface area contributed by atoms with Crippen LogP contribution in [0.3, 0.4) is 0 Å². The number of methoxy groups -OCH3 is 1. The third-order valence-electron chi connectivity index (χ3n) is 2.83. The average Bonchev–Trinajstić information content (AvgIpc) is 2.38. The van der Waals surface area contributed by atoms with Crippen molar-refractivity contribution in [3.8, 4) is 11.5 Å². The quantitative estimate of drug-likeness (QED) is 0.775. The molecule has 0 fully saturated rings. The van der Waals surface area contributed by atoms with Gasteiger partial charge in [-0.1, -0.05) is 6.07 Å². The Hall–Kier alpha value is -1.75. The minimum Gasteiger partial charge on any atom is -0.497 e. The zero-order valence-corrected chi connectivity index (χ0v) is 12.5. The summed E-state index contributed by atoms with van der Waals surface area (Å²) >= 11 is 0. The van der Waals surface area contributed by atoms with Gasteiger partial charge in [0.15, 0.2) is 0 Å². The molecule has 0 saturated carbocycles. The molecule has 0 saturated heterocycles. The number of ether oxygens (including phenoxy) is 3. The Morgan fingerprint density at radius 3 is 2.65 bits per heavy atom. The van der Waals surface area contributed by atoms with Gasteiger partial charge in [0.2, 0.25) is 0 Å². The van der Waals surface area contributed by atoms with Crippen molar-refractivity contribution in [3.05, 3.63) is 24.3 Å². The van der Waals surface area contributed by atoms with Crippen molar-refractivity contribution >= 4 is 5.97 Å². The van der Waals surface area contributed by atoms with Crippen molar-refractivity contribution in [2.24, 2.45) is 5.73 Å². The summed E-state index contributed by atoms with van der Waals surface area (Å²) in [5.74, 6) is 0.980. The fourth-order valence-electron chi connectivity index (χ4n) is 1.92. The van der Waals surface area contributed by atoms with E-state index in [1.165, 1.54) is 0 Å². The van der Waals surface area contributed by atoms with Crippen molar-refractivity contribution in [2.45, 2.75) is 38.8 Å². The number of carbonyl (C=O) groups excluding carboxylic acids is 1. The second-order valence-electron chi connectivity index (χ2n) is 4.95. The third-order valence-corrected chi connectivity index (χ3v) is 2.83. The van der Waals surface area contributed by atoms with E-state index in [-0.39, 0.29) is 6.10 Å². The van der Waals surface area contributed by atoms with E-state index >= 15 is 0 Å². The Bertz CT molecular complexity index is 445. The third kappa shape index (κ3) is 4.74. The fraction of sp³-hybridized carbons (Fsp3) is 0.533. The molecule has 0 aliphatic heterocycles. The summed E-state index contributed by atoms with van der Waals surface area (Å²) in [4.78, 5) is 11.7. The van der Waals surface area contributed by atoms with Crippen LogP contribution in [0.1, 0.15) is 27.2 Å². The van der Waals surface area contributed by atoms with Gasteiger partial charge in [0.05, 0.1) is 19.8 Å². The van der Waals surface area contributed by atoms with Gasteiger partial charge in [0.1, 0.15) is 17.0 Å². The molecule has 1 rings (SSSR count). The summed E-state index contributed by atoms with van der Waals surface area (Å²) in [6, 6.07) is 7.29. The van der Waals surface area contributed by atoms with Gasteiger partial charge in [-0.05, 0) is 32.9 Å². The van der Waals surface area contributed by atoms with Crippen LogP contribution in [0.4, 0.5) is 0 Å². The second-order valence-corrected chi connectivity index (χ2v) is 4.95. The van der Waals surface area contributed by atoms with Crippen molar-refractivity contribution in [1.29, 1.82) is 0 Å². The highest BCUT2D eigenvalue weighted by atomic mass is 16.5. The van der Waals surface area contributed by atoms with Crippen molar-refractivity contribution in [3.63, 3.8) is 0 Å². The number of hydrogen-bond donors (Lipinski definition) is 1. The molecule has 1 aromatic carbocycles. The molecule has 2 unspecified atom stereocenters. The molecule has 2 atom stereocenters. The molecule has 0 heterocycles.